The molecule has 1 aliphatic carbocycles. The number of aryl methyl sites for hydroxylation is 1. The molecule has 0 spiro atoms. The lowest BCUT2D eigenvalue weighted by molar-refractivity contribution is -0.138. The Balaban J connectivity index is 1.53. The average molecular weight is 576 g/mol. The summed E-state index contributed by atoms with van der Waals surface area (Å²) in [6.45, 7) is 1.42. The summed E-state index contributed by atoms with van der Waals surface area (Å²) >= 11 is 12.4. The summed E-state index contributed by atoms with van der Waals surface area (Å²) in [5.74, 6) is 0.585. The number of rotatable bonds is 13. The smallest absolute Gasteiger partial charge is 0.330 e. The lowest BCUT2D eigenvalue weighted by Crippen LogP contribution is -2.39. The van der Waals surface area contributed by atoms with Crippen LogP contribution < -0.4 is 20.7 Å². The van der Waals surface area contributed by atoms with Crippen LogP contribution in [0.3, 0.4) is 0 Å². The number of carboxylic acid groups (broad SMARTS) is 1. The molecule has 208 valence electrons. The highest BCUT2D eigenvalue weighted by Crippen LogP contribution is 2.37. The Labute approximate surface area is 236 Å². The number of ether oxygens (including phenoxy) is 2. The first-order valence-electron chi connectivity index (χ1n) is 12.6. The molecule has 11 heteroatoms. The number of carboxylic acids is 1. The van der Waals surface area contributed by atoms with E-state index < -0.39 is 23.3 Å². The Kier molecular flexibility index (Phi) is 9.37. The molecule has 4 rings (SSSR count). The summed E-state index contributed by atoms with van der Waals surface area (Å²) < 4.78 is 13.9. The zero-order chi connectivity index (χ0) is 28.1. The number of hydrogen-bond acceptors (Lipinski definition) is 6. The molecule has 0 amide bonds. The Morgan fingerprint density at radius 1 is 1.10 bits per heavy atom. The molecular formula is C28H31Cl2N3O6. The van der Waals surface area contributed by atoms with Gasteiger partial charge in [0.2, 0.25) is 0 Å². The number of methoxy groups -OCH3 is 1. The molecule has 0 radical (unpaired) electrons. The number of benzene rings is 2. The Hall–Kier alpha value is -3.27. The summed E-state index contributed by atoms with van der Waals surface area (Å²) in [5.41, 5.74) is 0.907. The van der Waals surface area contributed by atoms with Crippen molar-refractivity contribution in [1.82, 2.24) is 14.0 Å². The van der Waals surface area contributed by atoms with E-state index in [1.54, 1.807) is 25.2 Å². The van der Waals surface area contributed by atoms with Crippen molar-refractivity contribution in [3.63, 3.8) is 0 Å². The fourth-order valence-corrected chi connectivity index (χ4v) is 4.81. The predicted molar refractivity (Wildman–Crippen MR) is 149 cm³/mol. The summed E-state index contributed by atoms with van der Waals surface area (Å²) in [7, 11) is 3.12. The van der Waals surface area contributed by atoms with E-state index in [4.69, 9.17) is 32.7 Å². The predicted octanol–water partition coefficient (Wildman–Crippen LogP) is 4.37. The van der Waals surface area contributed by atoms with Gasteiger partial charge in [-0.05, 0) is 54.2 Å². The van der Waals surface area contributed by atoms with E-state index in [0.717, 1.165) is 35.1 Å². The van der Waals surface area contributed by atoms with Gasteiger partial charge in [-0.3, -0.25) is 19.1 Å². The Morgan fingerprint density at radius 3 is 2.54 bits per heavy atom. The number of nitrogens with zero attached hydrogens (tertiary/aromatic N) is 3. The van der Waals surface area contributed by atoms with Crippen LogP contribution in [0.1, 0.15) is 36.4 Å². The van der Waals surface area contributed by atoms with Gasteiger partial charge in [-0.1, -0.05) is 35.3 Å². The van der Waals surface area contributed by atoms with Gasteiger partial charge in [-0.25, -0.2) is 4.79 Å². The SMILES string of the molecule is COc1cc(CN(CC2CC2)C(CC(=O)O)c2ccc(Cl)c(Cl)c2)ccc1OCCn1c(=O)ccn(C)c1=O. The van der Waals surface area contributed by atoms with Gasteiger partial charge >= 0.3 is 11.7 Å². The first kappa shape index (κ1) is 28.7. The molecule has 1 fully saturated rings. The van der Waals surface area contributed by atoms with Crippen LogP contribution in [0.25, 0.3) is 0 Å². The number of aliphatic carboxylic acids is 1. The lowest BCUT2D eigenvalue weighted by Gasteiger charge is -2.32. The molecule has 1 aromatic heterocycles. The van der Waals surface area contributed by atoms with Gasteiger partial charge < -0.3 is 19.1 Å². The quantitative estimate of drug-likeness (QED) is 0.323. The second-order valence-corrected chi connectivity index (χ2v) is 10.5. The highest BCUT2D eigenvalue weighted by Gasteiger charge is 2.31. The van der Waals surface area contributed by atoms with Crippen LogP contribution >= 0.6 is 23.2 Å². The molecule has 9 nitrogen and oxygen atoms in total. The van der Waals surface area contributed by atoms with Crippen molar-refractivity contribution in [2.75, 3.05) is 20.3 Å². The normalized spacial score (nSPS) is 13.9. The third-order valence-electron chi connectivity index (χ3n) is 6.75. The lowest BCUT2D eigenvalue weighted by atomic mass is 10.00. The van der Waals surface area contributed by atoms with Crippen LogP contribution in [0, 0.1) is 5.92 Å². The molecule has 1 unspecified atom stereocenters. The van der Waals surface area contributed by atoms with E-state index in [9.17, 15) is 19.5 Å². The molecule has 1 saturated carbocycles. The van der Waals surface area contributed by atoms with Crippen molar-refractivity contribution >= 4 is 29.2 Å². The van der Waals surface area contributed by atoms with Gasteiger partial charge in [0.05, 0.1) is 30.1 Å². The van der Waals surface area contributed by atoms with Crippen LogP contribution in [-0.4, -0.2) is 45.4 Å². The monoisotopic (exact) mass is 575 g/mol. The number of carbonyl (C=O) groups is 1. The molecule has 2 aromatic carbocycles. The fraction of sp³-hybridized carbons (Fsp3) is 0.393. The molecule has 0 bridgehead atoms. The summed E-state index contributed by atoms with van der Waals surface area (Å²) in [5, 5.41) is 10.5. The van der Waals surface area contributed by atoms with Gasteiger partial charge in [-0.2, -0.15) is 0 Å². The van der Waals surface area contributed by atoms with E-state index in [0.29, 0.717) is 34.0 Å². The number of halogens is 2. The zero-order valence-corrected chi connectivity index (χ0v) is 23.3. The highest BCUT2D eigenvalue weighted by molar-refractivity contribution is 6.42. The average Bonchev–Trinajstić information content (AvgIpc) is 3.73. The summed E-state index contributed by atoms with van der Waals surface area (Å²) in [6, 6.07) is 11.7. The van der Waals surface area contributed by atoms with Crippen molar-refractivity contribution < 1.29 is 19.4 Å². The van der Waals surface area contributed by atoms with Crippen molar-refractivity contribution in [3.8, 4) is 11.5 Å². The second-order valence-electron chi connectivity index (χ2n) is 9.69. The van der Waals surface area contributed by atoms with Gasteiger partial charge in [0.1, 0.15) is 6.61 Å². The first-order chi connectivity index (χ1) is 18.7. The minimum absolute atomic E-state index is 0.0820. The molecule has 0 saturated heterocycles. The third-order valence-corrected chi connectivity index (χ3v) is 7.49. The molecule has 1 aliphatic rings. The molecule has 1 atom stereocenters. The van der Waals surface area contributed by atoms with Crippen molar-refractivity contribution in [2.24, 2.45) is 13.0 Å². The van der Waals surface area contributed by atoms with Crippen molar-refractivity contribution in [3.05, 3.63) is 90.7 Å². The van der Waals surface area contributed by atoms with E-state index >= 15 is 0 Å². The van der Waals surface area contributed by atoms with Gasteiger partial charge in [-0.15, -0.1) is 0 Å². The number of aromatic nitrogens is 2. The van der Waals surface area contributed by atoms with Crippen LogP contribution in [-0.2, 0) is 24.9 Å². The molecule has 1 N–H and O–H groups in total. The van der Waals surface area contributed by atoms with Gasteiger partial charge in [0.25, 0.3) is 5.56 Å². The maximum Gasteiger partial charge on any atom is 0.330 e. The van der Waals surface area contributed by atoms with Crippen LogP contribution in [0.15, 0.2) is 58.3 Å². The number of hydrogen-bond donors (Lipinski definition) is 1. The van der Waals surface area contributed by atoms with Gasteiger partial charge in [0, 0.05) is 38.4 Å². The fourth-order valence-electron chi connectivity index (χ4n) is 4.51. The van der Waals surface area contributed by atoms with E-state index in [2.05, 4.69) is 4.90 Å². The topological polar surface area (TPSA) is 103 Å². The van der Waals surface area contributed by atoms with E-state index in [1.807, 2.05) is 18.2 Å². The Morgan fingerprint density at radius 2 is 1.87 bits per heavy atom. The molecule has 39 heavy (non-hydrogen) atoms. The van der Waals surface area contributed by atoms with Crippen LogP contribution in [0.4, 0.5) is 0 Å². The third kappa shape index (κ3) is 7.44. The largest absolute Gasteiger partial charge is 0.493 e. The standard InChI is InChI=1S/C28H31Cl2N3O6/c1-31-10-9-26(34)33(28(31)37)11-12-39-24-8-5-19(13-25(24)38-2)17-32(16-18-3-4-18)23(15-27(35)36)20-6-7-21(29)22(30)14-20/h5-10,13-14,18,23H,3-4,11-12,15-17H2,1-2H3,(H,35,36). The van der Waals surface area contributed by atoms with Crippen molar-refractivity contribution in [1.29, 1.82) is 0 Å². The molecule has 0 aliphatic heterocycles. The zero-order valence-electron chi connectivity index (χ0n) is 21.8. The Bertz CT molecular complexity index is 1450. The summed E-state index contributed by atoms with van der Waals surface area (Å²) in [4.78, 5) is 38.3. The molecule has 1 heterocycles. The minimum atomic E-state index is -0.902. The second kappa shape index (κ2) is 12.7. The maximum absolute atomic E-state index is 12.2. The van der Waals surface area contributed by atoms with E-state index in [-0.39, 0.29) is 19.6 Å². The minimum Gasteiger partial charge on any atom is -0.493 e. The van der Waals surface area contributed by atoms with Gasteiger partial charge in [0.15, 0.2) is 11.5 Å². The maximum atomic E-state index is 12.2. The molecule has 3 aromatic rings. The van der Waals surface area contributed by atoms with Crippen molar-refractivity contribution in [2.45, 2.75) is 38.4 Å². The highest BCUT2D eigenvalue weighted by atomic mass is 35.5. The first-order valence-corrected chi connectivity index (χ1v) is 13.4. The molecular weight excluding hydrogens is 545 g/mol. The van der Waals surface area contributed by atoms with Crippen LogP contribution in [0.2, 0.25) is 10.0 Å². The van der Waals surface area contributed by atoms with E-state index in [1.165, 1.54) is 23.9 Å². The summed E-state index contributed by atoms with van der Waals surface area (Å²) in [6.07, 6.45) is 3.57. The van der Waals surface area contributed by atoms with Crippen LogP contribution in [0.5, 0.6) is 11.5 Å².